The number of halogens is 2. The summed E-state index contributed by atoms with van der Waals surface area (Å²) in [5.74, 6) is -0.433. The van der Waals surface area contributed by atoms with Gasteiger partial charge >= 0.3 is 0 Å². The summed E-state index contributed by atoms with van der Waals surface area (Å²) in [6.45, 7) is 1.85. The van der Waals surface area contributed by atoms with E-state index in [0.717, 1.165) is 11.1 Å². The lowest BCUT2D eigenvalue weighted by molar-refractivity contribution is 0.634. The van der Waals surface area contributed by atoms with Gasteiger partial charge in [0.15, 0.2) is 11.0 Å². The zero-order valence-corrected chi connectivity index (χ0v) is 8.06. The van der Waals surface area contributed by atoms with E-state index in [-0.39, 0.29) is 5.15 Å². The van der Waals surface area contributed by atoms with Crippen LogP contribution >= 0.6 is 11.6 Å². The minimum absolute atomic E-state index is 0.0678. The molecule has 13 heavy (non-hydrogen) atoms. The van der Waals surface area contributed by atoms with Gasteiger partial charge in [-0.25, -0.2) is 9.37 Å². The summed E-state index contributed by atoms with van der Waals surface area (Å²) in [4.78, 5) is 3.75. The minimum Gasteiger partial charge on any atom is -0.349 e. The molecule has 2 heterocycles. The maximum Gasteiger partial charge on any atom is 0.170 e. The number of nitrogens with zero attached hydrogens (tertiary/aromatic N) is 2. The number of hydrogen-bond acceptors (Lipinski definition) is 1. The maximum absolute atomic E-state index is 13.5. The van der Waals surface area contributed by atoms with Gasteiger partial charge in [-0.05, 0) is 12.5 Å². The van der Waals surface area contributed by atoms with Gasteiger partial charge in [0.05, 0.1) is 11.7 Å². The molecule has 0 aliphatic rings. The summed E-state index contributed by atoms with van der Waals surface area (Å²) in [7, 11) is 1.85. The molecule has 0 spiro atoms. The van der Waals surface area contributed by atoms with Crippen LogP contribution in [0.3, 0.4) is 0 Å². The van der Waals surface area contributed by atoms with Crippen LogP contribution in [0.2, 0.25) is 5.15 Å². The number of aryl methyl sites for hydroxylation is 2. The van der Waals surface area contributed by atoms with Crippen molar-refractivity contribution in [2.75, 3.05) is 0 Å². The van der Waals surface area contributed by atoms with Crippen LogP contribution in [0.15, 0.2) is 12.4 Å². The molecule has 0 saturated heterocycles. The van der Waals surface area contributed by atoms with Gasteiger partial charge in [0.2, 0.25) is 0 Å². The average molecular weight is 199 g/mol. The van der Waals surface area contributed by atoms with Crippen LogP contribution in [0.25, 0.3) is 10.9 Å². The first-order valence-electron chi connectivity index (χ1n) is 3.87. The van der Waals surface area contributed by atoms with Crippen molar-refractivity contribution < 1.29 is 4.39 Å². The van der Waals surface area contributed by atoms with Crippen LogP contribution in [-0.2, 0) is 7.05 Å². The van der Waals surface area contributed by atoms with Gasteiger partial charge < -0.3 is 4.57 Å². The summed E-state index contributed by atoms with van der Waals surface area (Å²) in [5, 5.41) is 0.490. The second-order valence-corrected chi connectivity index (χ2v) is 3.40. The molecule has 0 aliphatic heterocycles. The van der Waals surface area contributed by atoms with Crippen molar-refractivity contribution in [3.63, 3.8) is 0 Å². The van der Waals surface area contributed by atoms with Gasteiger partial charge in [-0.3, -0.25) is 0 Å². The summed E-state index contributed by atoms with van der Waals surface area (Å²) in [5.41, 5.74) is 1.64. The molecule has 0 fully saturated rings. The summed E-state index contributed by atoms with van der Waals surface area (Å²) >= 11 is 5.57. The fourth-order valence-corrected chi connectivity index (χ4v) is 1.67. The molecule has 4 heteroatoms. The number of pyridine rings is 1. The summed E-state index contributed by atoms with van der Waals surface area (Å²) < 4.78 is 15.3. The largest absolute Gasteiger partial charge is 0.349 e. The molecular formula is C9H8ClFN2. The SMILES string of the molecule is Cc1cn(C)c2cnc(Cl)c(F)c12. The Balaban J connectivity index is 2.98. The molecule has 0 aromatic carbocycles. The van der Waals surface area contributed by atoms with Gasteiger partial charge in [0, 0.05) is 18.6 Å². The van der Waals surface area contributed by atoms with E-state index in [1.165, 1.54) is 0 Å². The second kappa shape index (κ2) is 2.70. The quantitative estimate of drug-likeness (QED) is 0.595. The first kappa shape index (κ1) is 8.51. The fourth-order valence-electron chi connectivity index (χ4n) is 1.52. The van der Waals surface area contributed by atoms with E-state index in [2.05, 4.69) is 4.98 Å². The monoisotopic (exact) mass is 198 g/mol. The second-order valence-electron chi connectivity index (χ2n) is 3.05. The number of hydrogen-bond donors (Lipinski definition) is 0. The van der Waals surface area contributed by atoms with E-state index < -0.39 is 5.82 Å². The molecule has 0 saturated carbocycles. The number of rotatable bonds is 0. The van der Waals surface area contributed by atoms with Gasteiger partial charge in [0.1, 0.15) is 0 Å². The lowest BCUT2D eigenvalue weighted by Crippen LogP contribution is -1.88. The van der Waals surface area contributed by atoms with Crippen LogP contribution < -0.4 is 0 Å². The molecule has 0 bridgehead atoms. The Morgan fingerprint density at radius 2 is 2.23 bits per heavy atom. The Labute approximate surface area is 80.0 Å². The maximum atomic E-state index is 13.5. The van der Waals surface area contributed by atoms with E-state index in [1.807, 2.05) is 24.7 Å². The van der Waals surface area contributed by atoms with Crippen molar-refractivity contribution in [3.8, 4) is 0 Å². The number of aromatic nitrogens is 2. The van der Waals surface area contributed by atoms with Crippen LogP contribution in [0.5, 0.6) is 0 Å². The van der Waals surface area contributed by atoms with Gasteiger partial charge in [-0.1, -0.05) is 11.6 Å². The van der Waals surface area contributed by atoms with E-state index >= 15 is 0 Å². The highest BCUT2D eigenvalue weighted by atomic mass is 35.5. The highest BCUT2D eigenvalue weighted by Crippen LogP contribution is 2.25. The Morgan fingerprint density at radius 3 is 2.92 bits per heavy atom. The number of fused-ring (bicyclic) bond motifs is 1. The molecule has 2 rings (SSSR count). The molecule has 68 valence electrons. The van der Waals surface area contributed by atoms with Crippen LogP contribution in [0.1, 0.15) is 5.56 Å². The molecule has 2 nitrogen and oxygen atoms in total. The van der Waals surface area contributed by atoms with E-state index in [0.29, 0.717) is 5.39 Å². The molecule has 0 aliphatic carbocycles. The lowest BCUT2D eigenvalue weighted by atomic mass is 10.2. The lowest BCUT2D eigenvalue weighted by Gasteiger charge is -1.97. The third kappa shape index (κ3) is 1.11. The first-order valence-corrected chi connectivity index (χ1v) is 4.24. The smallest absolute Gasteiger partial charge is 0.170 e. The highest BCUT2D eigenvalue weighted by Gasteiger charge is 2.11. The molecular weight excluding hydrogens is 191 g/mol. The summed E-state index contributed by atoms with van der Waals surface area (Å²) in [6.07, 6.45) is 3.43. The summed E-state index contributed by atoms with van der Waals surface area (Å²) in [6, 6.07) is 0. The molecule has 0 atom stereocenters. The Kier molecular flexibility index (Phi) is 1.77. The van der Waals surface area contributed by atoms with E-state index in [9.17, 15) is 4.39 Å². The normalized spacial score (nSPS) is 11.1. The van der Waals surface area contributed by atoms with Crippen molar-refractivity contribution >= 4 is 22.5 Å². The third-order valence-electron chi connectivity index (χ3n) is 2.12. The molecule has 2 aromatic heterocycles. The van der Waals surface area contributed by atoms with Crippen LogP contribution in [-0.4, -0.2) is 9.55 Å². The molecule has 0 radical (unpaired) electrons. The topological polar surface area (TPSA) is 17.8 Å². The molecule has 0 amide bonds. The Morgan fingerprint density at radius 1 is 1.54 bits per heavy atom. The van der Waals surface area contributed by atoms with Crippen molar-refractivity contribution in [2.45, 2.75) is 6.92 Å². The molecule has 2 aromatic rings. The predicted octanol–water partition coefficient (Wildman–Crippen LogP) is 2.67. The van der Waals surface area contributed by atoms with Crippen LogP contribution in [0.4, 0.5) is 4.39 Å². The van der Waals surface area contributed by atoms with Crippen molar-refractivity contribution in [2.24, 2.45) is 7.05 Å². The van der Waals surface area contributed by atoms with Crippen molar-refractivity contribution in [1.82, 2.24) is 9.55 Å². The molecule has 0 unspecified atom stereocenters. The van der Waals surface area contributed by atoms with Gasteiger partial charge in [-0.15, -0.1) is 0 Å². The van der Waals surface area contributed by atoms with Crippen molar-refractivity contribution in [3.05, 3.63) is 28.9 Å². The van der Waals surface area contributed by atoms with Gasteiger partial charge in [0.25, 0.3) is 0 Å². The predicted molar refractivity (Wildman–Crippen MR) is 50.4 cm³/mol. The van der Waals surface area contributed by atoms with E-state index in [1.54, 1.807) is 6.20 Å². The third-order valence-corrected chi connectivity index (χ3v) is 2.38. The standard InChI is InChI=1S/C9H8ClFN2/c1-5-4-13(2)6-3-12-9(10)8(11)7(5)6/h3-4H,1-2H3. The Bertz CT molecular complexity index is 476. The highest BCUT2D eigenvalue weighted by molar-refractivity contribution is 6.30. The minimum atomic E-state index is -0.433. The van der Waals surface area contributed by atoms with E-state index in [4.69, 9.17) is 11.6 Å². The fraction of sp³-hybridized carbons (Fsp3) is 0.222. The van der Waals surface area contributed by atoms with Crippen LogP contribution in [0, 0.1) is 12.7 Å². The zero-order valence-electron chi connectivity index (χ0n) is 7.31. The Hall–Kier alpha value is -1.09. The zero-order chi connectivity index (χ0) is 9.59. The first-order chi connectivity index (χ1) is 6.11. The van der Waals surface area contributed by atoms with Gasteiger partial charge in [-0.2, -0.15) is 0 Å². The molecule has 0 N–H and O–H groups in total. The average Bonchev–Trinajstić information content (AvgIpc) is 2.35. The van der Waals surface area contributed by atoms with Crippen molar-refractivity contribution in [1.29, 1.82) is 0 Å².